The van der Waals surface area contributed by atoms with Gasteiger partial charge in [-0.15, -0.1) is 0 Å². The van der Waals surface area contributed by atoms with Crippen LogP contribution < -0.4 is 58.7 Å². The predicted molar refractivity (Wildman–Crippen MR) is 41.8 cm³/mol. The molecule has 0 unspecified atom stereocenters. The van der Waals surface area contributed by atoms with E-state index in [1.807, 2.05) is 0 Å². The molecule has 0 aliphatic rings. The second-order valence-electron chi connectivity index (χ2n) is 1.79. The molecule has 0 aliphatic heterocycles. The number of hydrogen-bond acceptors (Lipinski definition) is 16. The molecule has 0 rings (SSSR count). The molecule has 24 heteroatoms. The van der Waals surface area contributed by atoms with Gasteiger partial charge in [0.25, 0.3) is 0 Å². The van der Waals surface area contributed by atoms with Gasteiger partial charge in [-0.05, 0) is 11.0 Å². The topological polar surface area (TPSA) is 345 Å². The summed E-state index contributed by atoms with van der Waals surface area (Å²) in [7, 11) is -21.6. The molecule has 0 amide bonds. The molecular formula is H4O16P4SiTi3. The van der Waals surface area contributed by atoms with E-state index < -0.39 is 31.3 Å². The van der Waals surface area contributed by atoms with Crippen LogP contribution in [0.25, 0.3) is 0 Å². The van der Waals surface area contributed by atoms with Crippen molar-refractivity contribution in [1.82, 2.24) is 0 Å². The molecule has 0 saturated carbocycles. The third kappa shape index (κ3) is 1790. The summed E-state index contributed by atoms with van der Waals surface area (Å²) in [6.45, 7) is 0. The summed E-state index contributed by atoms with van der Waals surface area (Å²) >= 11 is 0. The van der Waals surface area contributed by atoms with Gasteiger partial charge in [0.1, 0.15) is 0 Å². The van der Waals surface area contributed by atoms with Crippen molar-refractivity contribution in [2.75, 3.05) is 0 Å². The third-order valence-corrected chi connectivity index (χ3v) is 0. The molecule has 0 fully saturated rings. The molecule has 136 valence electrons. The first-order valence-electron chi connectivity index (χ1n) is 2.92. The Morgan fingerprint density at radius 2 is 0.333 bits per heavy atom. The van der Waals surface area contributed by atoms with E-state index in [2.05, 4.69) is 0 Å². The minimum absolute atomic E-state index is 0. The molecule has 16 nitrogen and oxygen atoms in total. The number of phosphoric acid groups is 4. The van der Waals surface area contributed by atoms with Crippen molar-refractivity contribution in [3.63, 3.8) is 0 Å². The molecular weight excluding hydrogens is 552 g/mol. The van der Waals surface area contributed by atoms with Crippen LogP contribution in [0.4, 0.5) is 0 Å². The number of rotatable bonds is 0. The molecule has 24 heavy (non-hydrogen) atoms. The molecule has 0 spiro atoms. The first kappa shape index (κ1) is 50.5. The monoisotopic (exact) mass is 556 g/mol. The summed E-state index contributed by atoms with van der Waals surface area (Å²) in [6.07, 6.45) is 0. The van der Waals surface area contributed by atoms with Crippen molar-refractivity contribution in [1.29, 1.82) is 0 Å². The van der Waals surface area contributed by atoms with E-state index >= 15 is 0 Å². The van der Waals surface area contributed by atoms with Gasteiger partial charge in [-0.2, -0.15) is 31.3 Å². The average Bonchev–Trinajstić information content (AvgIpc) is 1.62. The van der Waals surface area contributed by atoms with Crippen LogP contribution in [0.2, 0.25) is 0 Å². The molecule has 0 aromatic rings. The smallest absolute Gasteiger partial charge is 0.822 e. The molecule has 0 aromatic carbocycles. The van der Waals surface area contributed by atoms with Crippen molar-refractivity contribution < 1.29 is 142 Å². The molecule has 0 radical (unpaired) electrons. The fourth-order valence-electron chi connectivity index (χ4n) is 0. The summed E-state index contributed by atoms with van der Waals surface area (Å²) in [5.74, 6) is 0. The normalized spacial score (nSPS) is 9.83. The van der Waals surface area contributed by atoms with E-state index in [0.717, 1.165) is 0 Å². The molecule has 0 aromatic heterocycles. The Bertz CT molecular complexity index is 298. The van der Waals surface area contributed by atoms with Crippen molar-refractivity contribution in [3.05, 3.63) is 0 Å². The Morgan fingerprint density at radius 3 is 0.333 bits per heavy atom. The van der Waals surface area contributed by atoms with E-state index in [4.69, 9.17) is 77.0 Å². The molecule has 0 N–H and O–H groups in total. The van der Waals surface area contributed by atoms with Crippen molar-refractivity contribution >= 4 is 42.3 Å². The van der Waals surface area contributed by atoms with Crippen LogP contribution in [-0.2, 0) is 83.4 Å². The molecule has 0 saturated heterocycles. The van der Waals surface area contributed by atoms with E-state index in [9.17, 15) is 0 Å². The van der Waals surface area contributed by atoms with E-state index in [-0.39, 0.29) is 76.1 Å². The van der Waals surface area contributed by atoms with Crippen LogP contribution >= 0.6 is 31.3 Å². The zero-order valence-corrected chi connectivity index (χ0v) is 18.1. The van der Waals surface area contributed by atoms with Gasteiger partial charge in [-0.25, -0.2) is 0 Å². The summed E-state index contributed by atoms with van der Waals surface area (Å²) in [5.41, 5.74) is 0. The van der Waals surface area contributed by atoms with Gasteiger partial charge in [-0.3, -0.25) is 0 Å². The van der Waals surface area contributed by atoms with Crippen LogP contribution in [-0.4, -0.2) is 11.0 Å². The maximum atomic E-state index is 8.55. The third-order valence-electron chi connectivity index (χ3n) is 0. The van der Waals surface area contributed by atoms with Gasteiger partial charge >= 0.3 is 65.2 Å². The maximum absolute atomic E-state index is 8.55. The molecule has 0 heterocycles. The standard InChI is InChI=1S/4H3O4P.H4Si.3Ti/c4*1-5(2,3)4;;;;/h4*(H3,1,2,3,4);1H4;;;/q;;;;;3*+4/p-12. The van der Waals surface area contributed by atoms with Gasteiger partial charge in [0.2, 0.25) is 0 Å². The summed E-state index contributed by atoms with van der Waals surface area (Å²) in [5, 5.41) is 0. The van der Waals surface area contributed by atoms with Crippen LogP contribution in [0.5, 0.6) is 0 Å². The largest absolute Gasteiger partial charge is 4.00 e. The molecule has 0 atom stereocenters. The molecule has 0 bridgehead atoms. The van der Waals surface area contributed by atoms with Gasteiger partial charge in [-0.1, -0.05) is 0 Å². The summed E-state index contributed by atoms with van der Waals surface area (Å²) < 4.78 is 34.2. The zero-order chi connectivity index (χ0) is 18.0. The fourth-order valence-corrected chi connectivity index (χ4v) is 0. The van der Waals surface area contributed by atoms with Gasteiger partial charge in [0.05, 0.1) is 0 Å². The van der Waals surface area contributed by atoms with Crippen LogP contribution in [0.15, 0.2) is 0 Å². The van der Waals surface area contributed by atoms with Crippen molar-refractivity contribution in [2.24, 2.45) is 0 Å². The van der Waals surface area contributed by atoms with Crippen molar-refractivity contribution in [3.8, 4) is 0 Å². The Balaban J connectivity index is -0.0000000225. The fraction of sp³-hybridized carbons (Fsp3) is 0. The average molecular weight is 556 g/mol. The minimum atomic E-state index is -5.39. The first-order chi connectivity index (χ1) is 8.00. The minimum Gasteiger partial charge on any atom is -0.822 e. The Morgan fingerprint density at radius 1 is 0.333 bits per heavy atom. The SMILES string of the molecule is O=P([O-])([O-])[O-].O=P([O-])([O-])[O-].O=P([O-])([O-])[O-].O=P([O-])([O-])[O-].[SiH4].[Ti+4].[Ti+4].[Ti+4]. The summed E-state index contributed by atoms with van der Waals surface area (Å²) in [6, 6.07) is 0. The van der Waals surface area contributed by atoms with Crippen LogP contribution in [0.1, 0.15) is 0 Å². The second kappa shape index (κ2) is 22.1. The van der Waals surface area contributed by atoms with Gasteiger partial charge in [0, 0.05) is 0 Å². The van der Waals surface area contributed by atoms with Crippen molar-refractivity contribution in [2.45, 2.75) is 0 Å². The Hall–Kier alpha value is 2.80. The van der Waals surface area contributed by atoms with Crippen LogP contribution in [0, 0.1) is 0 Å². The second-order valence-corrected chi connectivity index (χ2v) is 5.37. The molecule has 0 aliphatic carbocycles. The predicted octanol–water partition coefficient (Wildman–Crippen LogP) is -12.8. The van der Waals surface area contributed by atoms with Crippen LogP contribution in [0.3, 0.4) is 0 Å². The quantitative estimate of drug-likeness (QED) is 0.197. The Kier molecular flexibility index (Phi) is 46.5. The Labute approximate surface area is 183 Å². The van der Waals surface area contributed by atoms with Gasteiger partial charge in [0.15, 0.2) is 0 Å². The van der Waals surface area contributed by atoms with E-state index in [1.54, 1.807) is 0 Å². The number of hydrogen-bond donors (Lipinski definition) is 0. The van der Waals surface area contributed by atoms with Gasteiger partial charge < -0.3 is 77.0 Å². The van der Waals surface area contributed by atoms with E-state index in [0.29, 0.717) is 0 Å². The van der Waals surface area contributed by atoms with E-state index in [1.165, 1.54) is 0 Å². The maximum Gasteiger partial charge on any atom is 4.00 e. The zero-order valence-electron chi connectivity index (χ0n) is 9.82. The summed E-state index contributed by atoms with van der Waals surface area (Å²) in [4.78, 5) is 103. The first-order valence-corrected chi connectivity index (χ1v) is 8.76.